The minimum absolute atomic E-state index is 0.241. The lowest BCUT2D eigenvalue weighted by molar-refractivity contribution is 0.0678. The molecule has 0 spiro atoms. The van der Waals surface area contributed by atoms with Gasteiger partial charge in [-0.25, -0.2) is 13.1 Å². The van der Waals surface area contributed by atoms with Crippen LogP contribution in [0.3, 0.4) is 0 Å². The van der Waals surface area contributed by atoms with Gasteiger partial charge in [0.15, 0.2) is 0 Å². The van der Waals surface area contributed by atoms with E-state index in [1.165, 1.54) is 6.07 Å². The van der Waals surface area contributed by atoms with Crippen LogP contribution in [-0.4, -0.2) is 28.2 Å². The highest BCUT2D eigenvalue weighted by Crippen LogP contribution is 2.22. The second-order valence-corrected chi connectivity index (χ2v) is 7.13. The largest absolute Gasteiger partial charge is 0.398 e. The Morgan fingerprint density at radius 2 is 1.95 bits per heavy atom. The molecule has 1 fully saturated rings. The molecule has 0 aromatic heterocycles. The van der Waals surface area contributed by atoms with Crippen LogP contribution in [0.25, 0.3) is 0 Å². The van der Waals surface area contributed by atoms with Crippen LogP contribution in [0.15, 0.2) is 17.0 Å². The normalized spacial score (nSPS) is 17.3. The summed E-state index contributed by atoms with van der Waals surface area (Å²) in [6.45, 7) is 5.63. The number of ether oxygens (including phenoxy) is 1. The van der Waals surface area contributed by atoms with Gasteiger partial charge in [-0.3, -0.25) is 0 Å². The maximum absolute atomic E-state index is 12.3. The summed E-state index contributed by atoms with van der Waals surface area (Å²) >= 11 is 0. The highest BCUT2D eigenvalue weighted by atomic mass is 32.2. The summed E-state index contributed by atoms with van der Waals surface area (Å²) in [5.41, 5.74) is 8.17. The summed E-state index contributed by atoms with van der Waals surface area (Å²) in [5, 5.41) is 0. The number of anilines is 1. The molecule has 20 heavy (non-hydrogen) atoms. The molecular weight excluding hydrogens is 276 g/mol. The minimum atomic E-state index is -3.49. The van der Waals surface area contributed by atoms with Crippen LogP contribution < -0.4 is 10.5 Å². The molecule has 112 valence electrons. The Balaban J connectivity index is 2.10. The molecule has 1 aromatic carbocycles. The summed E-state index contributed by atoms with van der Waals surface area (Å²) in [6, 6.07) is 3.19. The van der Waals surface area contributed by atoms with Crippen molar-refractivity contribution in [3.8, 4) is 0 Å². The summed E-state index contributed by atoms with van der Waals surface area (Å²) in [5.74, 6) is 0.349. The van der Waals surface area contributed by atoms with Crippen LogP contribution in [0.4, 0.5) is 5.69 Å². The predicted molar refractivity (Wildman–Crippen MR) is 79.1 cm³/mol. The average Bonchev–Trinajstić information content (AvgIpc) is 2.43. The second kappa shape index (κ2) is 6.11. The lowest BCUT2D eigenvalue weighted by Gasteiger charge is -2.22. The molecule has 6 heteroatoms. The van der Waals surface area contributed by atoms with E-state index in [1.807, 2.05) is 13.8 Å². The van der Waals surface area contributed by atoms with Crippen LogP contribution in [-0.2, 0) is 14.8 Å². The monoisotopic (exact) mass is 298 g/mol. The van der Waals surface area contributed by atoms with E-state index in [9.17, 15) is 8.42 Å². The molecule has 1 aliphatic heterocycles. The molecule has 1 saturated heterocycles. The fourth-order valence-corrected chi connectivity index (χ4v) is 3.50. The SMILES string of the molecule is Cc1cc(S(=O)(=O)NCC2CCOCC2)cc(N)c1C. The Kier molecular flexibility index (Phi) is 4.67. The maximum Gasteiger partial charge on any atom is 0.240 e. The zero-order valence-corrected chi connectivity index (χ0v) is 12.8. The topological polar surface area (TPSA) is 81.4 Å². The number of benzene rings is 1. The molecule has 1 aliphatic rings. The summed E-state index contributed by atoms with van der Waals surface area (Å²) in [4.78, 5) is 0.241. The van der Waals surface area contributed by atoms with Gasteiger partial charge in [-0.05, 0) is 55.9 Å². The van der Waals surface area contributed by atoms with Crippen LogP contribution in [0.1, 0.15) is 24.0 Å². The molecule has 1 heterocycles. The van der Waals surface area contributed by atoms with Gasteiger partial charge in [0.2, 0.25) is 10.0 Å². The number of hydrogen-bond acceptors (Lipinski definition) is 4. The van der Waals surface area contributed by atoms with Gasteiger partial charge in [-0.15, -0.1) is 0 Å². The first kappa shape index (κ1) is 15.3. The fraction of sp³-hybridized carbons (Fsp3) is 0.571. The first-order valence-electron chi connectivity index (χ1n) is 6.84. The molecule has 3 N–H and O–H groups in total. The summed E-state index contributed by atoms with van der Waals surface area (Å²) in [7, 11) is -3.49. The van der Waals surface area contributed by atoms with Crippen molar-refractivity contribution in [2.45, 2.75) is 31.6 Å². The van der Waals surface area contributed by atoms with E-state index >= 15 is 0 Å². The highest BCUT2D eigenvalue weighted by Gasteiger charge is 2.20. The van der Waals surface area contributed by atoms with Crippen molar-refractivity contribution in [2.75, 3.05) is 25.5 Å². The number of aryl methyl sites for hydroxylation is 1. The van der Waals surface area contributed by atoms with Crippen molar-refractivity contribution in [2.24, 2.45) is 5.92 Å². The molecule has 1 aromatic rings. The fourth-order valence-electron chi connectivity index (χ4n) is 2.27. The first-order chi connectivity index (χ1) is 9.40. The molecule has 0 saturated carbocycles. The number of nitrogens with one attached hydrogen (secondary N) is 1. The van der Waals surface area contributed by atoms with Gasteiger partial charge in [-0.2, -0.15) is 0 Å². The molecule has 0 unspecified atom stereocenters. The van der Waals surface area contributed by atoms with E-state index in [0.29, 0.717) is 31.4 Å². The predicted octanol–water partition coefficient (Wildman–Crippen LogP) is 1.59. The minimum Gasteiger partial charge on any atom is -0.398 e. The van der Waals surface area contributed by atoms with Gasteiger partial charge >= 0.3 is 0 Å². The highest BCUT2D eigenvalue weighted by molar-refractivity contribution is 7.89. The number of sulfonamides is 1. The lowest BCUT2D eigenvalue weighted by atomic mass is 10.0. The zero-order valence-electron chi connectivity index (χ0n) is 12.0. The smallest absolute Gasteiger partial charge is 0.240 e. The van der Waals surface area contributed by atoms with Gasteiger partial charge in [0.05, 0.1) is 4.90 Å². The van der Waals surface area contributed by atoms with Crippen molar-refractivity contribution in [3.05, 3.63) is 23.3 Å². The van der Waals surface area contributed by atoms with E-state index in [1.54, 1.807) is 6.07 Å². The van der Waals surface area contributed by atoms with E-state index in [4.69, 9.17) is 10.5 Å². The third-order valence-corrected chi connectivity index (χ3v) is 5.30. The second-order valence-electron chi connectivity index (χ2n) is 5.36. The number of nitrogens with two attached hydrogens (primary N) is 1. The van der Waals surface area contributed by atoms with Crippen molar-refractivity contribution in [1.82, 2.24) is 4.72 Å². The zero-order chi connectivity index (χ0) is 14.8. The molecular formula is C14H22N2O3S. The molecule has 0 bridgehead atoms. The molecule has 0 aliphatic carbocycles. The Morgan fingerprint density at radius 1 is 1.30 bits per heavy atom. The van der Waals surface area contributed by atoms with Crippen molar-refractivity contribution in [1.29, 1.82) is 0 Å². The van der Waals surface area contributed by atoms with Crippen LogP contribution in [0.5, 0.6) is 0 Å². The van der Waals surface area contributed by atoms with Crippen LogP contribution in [0, 0.1) is 19.8 Å². The molecule has 5 nitrogen and oxygen atoms in total. The average molecular weight is 298 g/mol. The van der Waals surface area contributed by atoms with Gasteiger partial charge in [0.1, 0.15) is 0 Å². The van der Waals surface area contributed by atoms with Gasteiger partial charge in [-0.1, -0.05) is 0 Å². The molecule has 2 rings (SSSR count). The summed E-state index contributed by atoms with van der Waals surface area (Å²) in [6.07, 6.45) is 1.80. The van der Waals surface area contributed by atoms with E-state index in [0.717, 1.165) is 24.0 Å². The van der Waals surface area contributed by atoms with Crippen molar-refractivity contribution >= 4 is 15.7 Å². The van der Waals surface area contributed by atoms with Crippen molar-refractivity contribution < 1.29 is 13.2 Å². The van der Waals surface area contributed by atoms with Crippen LogP contribution in [0.2, 0.25) is 0 Å². The van der Waals surface area contributed by atoms with E-state index < -0.39 is 10.0 Å². The number of hydrogen-bond donors (Lipinski definition) is 2. The number of rotatable bonds is 4. The van der Waals surface area contributed by atoms with Gasteiger partial charge in [0.25, 0.3) is 0 Å². The maximum atomic E-state index is 12.3. The van der Waals surface area contributed by atoms with Gasteiger partial charge in [0, 0.05) is 25.4 Å². The Hall–Kier alpha value is -1.11. The van der Waals surface area contributed by atoms with E-state index in [2.05, 4.69) is 4.72 Å². The first-order valence-corrected chi connectivity index (χ1v) is 8.32. The number of nitrogen functional groups attached to an aromatic ring is 1. The third-order valence-electron chi connectivity index (χ3n) is 3.89. The summed E-state index contributed by atoms with van der Waals surface area (Å²) < 4.78 is 32.5. The van der Waals surface area contributed by atoms with Crippen molar-refractivity contribution in [3.63, 3.8) is 0 Å². The van der Waals surface area contributed by atoms with Gasteiger partial charge < -0.3 is 10.5 Å². The molecule has 0 atom stereocenters. The Labute approximate surface area is 120 Å². The quantitative estimate of drug-likeness (QED) is 0.827. The lowest BCUT2D eigenvalue weighted by Crippen LogP contribution is -2.32. The molecule has 0 amide bonds. The van der Waals surface area contributed by atoms with Crippen LogP contribution >= 0.6 is 0 Å². The third kappa shape index (κ3) is 3.50. The Bertz CT molecular complexity index is 555. The molecule has 0 radical (unpaired) electrons. The van der Waals surface area contributed by atoms with E-state index in [-0.39, 0.29) is 4.90 Å². The Morgan fingerprint density at radius 3 is 2.55 bits per heavy atom. The standard InChI is InChI=1S/C14H22N2O3S/c1-10-7-13(8-14(15)11(10)2)20(17,18)16-9-12-3-5-19-6-4-12/h7-8,12,16H,3-6,9,15H2,1-2H3.